The van der Waals surface area contributed by atoms with Gasteiger partial charge >= 0.3 is 51.4 Å². The van der Waals surface area contributed by atoms with Gasteiger partial charge < -0.3 is 5.11 Å². The van der Waals surface area contributed by atoms with Crippen molar-refractivity contribution in [3.63, 3.8) is 0 Å². The van der Waals surface area contributed by atoms with Gasteiger partial charge in [0.2, 0.25) is 0 Å². The predicted octanol–water partition coefficient (Wildman–Crippen LogP) is -1.19. The Balaban J connectivity index is 0.000000810. The van der Waals surface area contributed by atoms with Crippen molar-refractivity contribution >= 4 is 0 Å². The zero-order chi connectivity index (χ0) is 6.85. The Morgan fingerprint density at radius 2 is 1.80 bits per heavy atom. The fraction of sp³-hybridized carbons (Fsp3) is 1.00. The van der Waals surface area contributed by atoms with Crippen molar-refractivity contribution in [2.45, 2.75) is 39.2 Å². The molecule has 0 bridgehead atoms. The van der Waals surface area contributed by atoms with Crippen LogP contribution in [0.5, 0.6) is 0 Å². The molecule has 0 amide bonds. The summed E-state index contributed by atoms with van der Waals surface area (Å²) in [5, 5.41) is 9.35. The van der Waals surface area contributed by atoms with Gasteiger partial charge in [0, 0.05) is 0 Å². The molecular weight excluding hydrogens is 151 g/mol. The maximum Gasteiger partial charge on any atom is 1.00 e. The summed E-state index contributed by atoms with van der Waals surface area (Å²) < 4.78 is 0. The van der Waals surface area contributed by atoms with Crippen molar-refractivity contribution < 1.29 is 56.5 Å². The number of hydrogen-bond donors (Lipinski definition) is 1. The number of aliphatic hydroxyl groups is 1. The molecule has 0 spiro atoms. The van der Waals surface area contributed by atoms with Gasteiger partial charge in [-0.15, -0.1) is 0 Å². The average molecular weight is 167 g/mol. The first-order valence-electron chi connectivity index (χ1n) is 3.88. The van der Waals surface area contributed by atoms with Gasteiger partial charge in [0.25, 0.3) is 0 Å². The van der Waals surface area contributed by atoms with Crippen molar-refractivity contribution in [1.29, 1.82) is 0 Å². The van der Waals surface area contributed by atoms with Crippen molar-refractivity contribution in [2.75, 3.05) is 0 Å². The number of aliphatic hydroxyl groups excluding tert-OH is 1. The molecule has 1 saturated carbocycles. The second kappa shape index (κ2) is 5.28. The van der Waals surface area contributed by atoms with Crippen molar-refractivity contribution in [2.24, 2.45) is 11.8 Å². The Bertz CT molecular complexity index is 95.3. The second-order valence-corrected chi connectivity index (χ2v) is 3.46. The van der Waals surface area contributed by atoms with Gasteiger partial charge in [-0.1, -0.05) is 20.3 Å². The van der Waals surface area contributed by atoms with Crippen LogP contribution in [0.1, 0.15) is 33.1 Å². The van der Waals surface area contributed by atoms with Gasteiger partial charge in [0.15, 0.2) is 0 Å². The quantitative estimate of drug-likeness (QED) is 0.450. The average Bonchev–Trinajstić information content (AvgIpc) is 1.80. The van der Waals surface area contributed by atoms with Crippen LogP contribution in [-0.2, 0) is 0 Å². The molecule has 1 rings (SSSR count). The van der Waals surface area contributed by atoms with Crippen LogP contribution in [0.25, 0.3) is 0 Å². The van der Waals surface area contributed by atoms with Gasteiger partial charge in [0.05, 0.1) is 6.10 Å². The van der Waals surface area contributed by atoms with Crippen LogP contribution in [0, 0.1) is 11.8 Å². The van der Waals surface area contributed by atoms with Crippen LogP contribution in [0.15, 0.2) is 0 Å². The van der Waals surface area contributed by atoms with E-state index >= 15 is 0 Å². The third-order valence-electron chi connectivity index (χ3n) is 2.42. The fourth-order valence-electron chi connectivity index (χ4n) is 1.50. The smallest absolute Gasteiger partial charge is 0.393 e. The zero-order valence-electron chi connectivity index (χ0n) is 7.30. The van der Waals surface area contributed by atoms with Gasteiger partial charge in [-0.05, 0) is 24.7 Å². The summed E-state index contributed by atoms with van der Waals surface area (Å²) in [6.07, 6.45) is 3.51. The maximum atomic E-state index is 9.35. The Kier molecular flexibility index (Phi) is 6.12. The third-order valence-corrected chi connectivity index (χ3v) is 2.42. The summed E-state index contributed by atoms with van der Waals surface area (Å²) in [5.41, 5.74) is 0. The molecule has 0 saturated heterocycles. The molecule has 3 unspecified atom stereocenters. The monoisotopic (exact) mass is 167 g/mol. The van der Waals surface area contributed by atoms with E-state index in [1.54, 1.807) is 0 Å². The summed E-state index contributed by atoms with van der Waals surface area (Å²) in [4.78, 5) is 0. The van der Waals surface area contributed by atoms with Crippen LogP contribution in [0.3, 0.4) is 0 Å². The molecule has 0 aromatic carbocycles. The van der Waals surface area contributed by atoms with E-state index in [4.69, 9.17) is 0 Å². The molecule has 0 aromatic heterocycles. The number of hydrogen-bond acceptors (Lipinski definition) is 1. The molecule has 0 radical (unpaired) electrons. The Morgan fingerprint density at radius 1 is 1.20 bits per heavy atom. The van der Waals surface area contributed by atoms with Gasteiger partial charge in [0.1, 0.15) is 0 Å². The Morgan fingerprint density at radius 3 is 2.20 bits per heavy atom. The molecule has 1 fully saturated rings. The summed E-state index contributed by atoms with van der Waals surface area (Å²) in [5.74, 6) is 1.29. The first-order valence-corrected chi connectivity index (χ1v) is 3.88. The third kappa shape index (κ3) is 3.33. The summed E-state index contributed by atoms with van der Waals surface area (Å²) >= 11 is 0. The topological polar surface area (TPSA) is 20.2 Å². The van der Waals surface area contributed by atoms with E-state index in [0.29, 0.717) is 5.92 Å². The normalized spacial score (nSPS) is 40.5. The SMILES string of the molecule is CC1CCC(C)C(O)C1.[K+]. The van der Waals surface area contributed by atoms with E-state index in [9.17, 15) is 5.11 Å². The molecule has 10 heavy (non-hydrogen) atoms. The van der Waals surface area contributed by atoms with Crippen molar-refractivity contribution in [1.82, 2.24) is 0 Å². The molecule has 0 aromatic rings. The molecule has 2 heteroatoms. The molecule has 1 aliphatic rings. The van der Waals surface area contributed by atoms with Crippen LogP contribution < -0.4 is 51.4 Å². The first-order chi connectivity index (χ1) is 4.20. The Hall–Kier alpha value is 1.60. The standard InChI is InChI=1S/C8H16O.K/c1-6-3-4-7(2)8(9)5-6;/h6-9H,3-5H2,1-2H3;/q;+1. The molecule has 1 aliphatic carbocycles. The first kappa shape index (κ1) is 11.6. The van der Waals surface area contributed by atoms with Gasteiger partial charge in [-0.3, -0.25) is 0 Å². The second-order valence-electron chi connectivity index (χ2n) is 3.46. The predicted molar refractivity (Wildman–Crippen MR) is 38.2 cm³/mol. The summed E-state index contributed by atoms with van der Waals surface area (Å²) in [7, 11) is 0. The van der Waals surface area contributed by atoms with E-state index in [1.807, 2.05) is 0 Å². The maximum absolute atomic E-state index is 9.35. The minimum absolute atomic E-state index is 0. The van der Waals surface area contributed by atoms with E-state index in [2.05, 4.69) is 13.8 Å². The van der Waals surface area contributed by atoms with E-state index in [1.165, 1.54) is 12.8 Å². The number of rotatable bonds is 0. The molecule has 1 N–H and O–H groups in total. The molecular formula is C8H16KO+. The van der Waals surface area contributed by atoms with Gasteiger partial charge in [-0.25, -0.2) is 0 Å². The van der Waals surface area contributed by atoms with Crippen LogP contribution in [0.4, 0.5) is 0 Å². The van der Waals surface area contributed by atoms with Crippen LogP contribution in [0.2, 0.25) is 0 Å². The summed E-state index contributed by atoms with van der Waals surface area (Å²) in [6.45, 7) is 4.35. The minimum Gasteiger partial charge on any atom is -0.393 e. The van der Waals surface area contributed by atoms with E-state index in [-0.39, 0.29) is 57.5 Å². The van der Waals surface area contributed by atoms with E-state index in [0.717, 1.165) is 12.3 Å². The summed E-state index contributed by atoms with van der Waals surface area (Å²) in [6, 6.07) is 0. The van der Waals surface area contributed by atoms with Crippen LogP contribution in [-0.4, -0.2) is 11.2 Å². The largest absolute Gasteiger partial charge is 1.00 e. The van der Waals surface area contributed by atoms with Crippen LogP contribution >= 0.6 is 0 Å². The minimum atomic E-state index is -0.0197. The molecule has 0 heterocycles. The van der Waals surface area contributed by atoms with E-state index < -0.39 is 0 Å². The molecule has 3 atom stereocenters. The molecule has 0 aliphatic heterocycles. The van der Waals surface area contributed by atoms with Crippen molar-refractivity contribution in [3.8, 4) is 0 Å². The van der Waals surface area contributed by atoms with Crippen molar-refractivity contribution in [3.05, 3.63) is 0 Å². The molecule has 54 valence electrons. The van der Waals surface area contributed by atoms with Gasteiger partial charge in [-0.2, -0.15) is 0 Å². The molecule has 1 nitrogen and oxygen atoms in total. The Labute approximate surface area is 106 Å². The zero-order valence-corrected chi connectivity index (χ0v) is 10.4. The fourth-order valence-corrected chi connectivity index (χ4v) is 1.50.